The number of nitrogens with one attached hydrogen (secondary N) is 1. The summed E-state index contributed by atoms with van der Waals surface area (Å²) in [5, 5.41) is 16.5. The van der Waals surface area contributed by atoms with Gasteiger partial charge >= 0.3 is 5.97 Å². The predicted molar refractivity (Wildman–Crippen MR) is 86.3 cm³/mol. The number of thiophene rings is 1. The van der Waals surface area contributed by atoms with E-state index in [1.807, 2.05) is 16.8 Å². The number of benzene rings is 1. The van der Waals surface area contributed by atoms with Crippen LogP contribution in [-0.4, -0.2) is 22.0 Å². The van der Waals surface area contributed by atoms with E-state index in [1.54, 1.807) is 24.3 Å². The van der Waals surface area contributed by atoms with Gasteiger partial charge in [-0.05, 0) is 35.7 Å². The van der Waals surface area contributed by atoms with Gasteiger partial charge in [0.25, 0.3) is 0 Å². The molecule has 1 aromatic carbocycles. The molecule has 0 spiro atoms. The van der Waals surface area contributed by atoms with Crippen LogP contribution in [0.1, 0.15) is 17.3 Å². The zero-order valence-electron chi connectivity index (χ0n) is 11.7. The summed E-state index contributed by atoms with van der Waals surface area (Å²) < 4.78 is 0. The Bertz CT molecular complexity index is 872. The Kier molecular flexibility index (Phi) is 3.60. The van der Waals surface area contributed by atoms with Crippen LogP contribution >= 0.6 is 11.3 Å². The summed E-state index contributed by atoms with van der Waals surface area (Å²) in [4.78, 5) is 27.2. The van der Waals surface area contributed by atoms with Crippen molar-refractivity contribution in [1.29, 1.82) is 0 Å². The molecule has 22 heavy (non-hydrogen) atoms. The Hall–Kier alpha value is -2.73. The fourth-order valence-electron chi connectivity index (χ4n) is 2.24. The van der Waals surface area contributed by atoms with Crippen molar-refractivity contribution in [2.75, 3.05) is 5.32 Å². The highest BCUT2D eigenvalue weighted by molar-refractivity contribution is 7.08. The summed E-state index contributed by atoms with van der Waals surface area (Å²) in [5.41, 5.74) is 2.80. The summed E-state index contributed by atoms with van der Waals surface area (Å²) in [7, 11) is 0. The third-order valence-corrected chi connectivity index (χ3v) is 3.86. The number of hydrogen-bond donors (Lipinski definition) is 2. The van der Waals surface area contributed by atoms with Crippen molar-refractivity contribution in [3.8, 4) is 11.3 Å². The van der Waals surface area contributed by atoms with Gasteiger partial charge in [0, 0.05) is 28.9 Å². The minimum atomic E-state index is -1.00. The Balaban J connectivity index is 2.23. The van der Waals surface area contributed by atoms with E-state index >= 15 is 0 Å². The Labute approximate surface area is 130 Å². The second-order valence-electron chi connectivity index (χ2n) is 4.79. The van der Waals surface area contributed by atoms with Crippen LogP contribution in [0.2, 0.25) is 0 Å². The van der Waals surface area contributed by atoms with Crippen LogP contribution in [-0.2, 0) is 4.79 Å². The van der Waals surface area contributed by atoms with Crippen LogP contribution in [0.15, 0.2) is 41.1 Å². The molecule has 0 saturated heterocycles. The molecule has 0 aliphatic carbocycles. The third-order valence-electron chi connectivity index (χ3n) is 3.18. The number of amides is 1. The molecule has 0 radical (unpaired) electrons. The van der Waals surface area contributed by atoms with Gasteiger partial charge in [0.15, 0.2) is 0 Å². The molecule has 0 aliphatic heterocycles. The number of carbonyl (C=O) groups is 2. The van der Waals surface area contributed by atoms with Crippen molar-refractivity contribution in [1.82, 2.24) is 4.98 Å². The van der Waals surface area contributed by atoms with Crippen LogP contribution in [0.3, 0.4) is 0 Å². The first-order valence-corrected chi connectivity index (χ1v) is 7.47. The van der Waals surface area contributed by atoms with Crippen LogP contribution in [0.25, 0.3) is 22.2 Å². The largest absolute Gasteiger partial charge is 0.478 e. The topological polar surface area (TPSA) is 79.3 Å². The van der Waals surface area contributed by atoms with Crippen LogP contribution in [0.4, 0.5) is 5.69 Å². The SMILES string of the molecule is CC(=O)Nc1ccc2c(C(=O)O)cc(-c3ccsc3)nc2c1. The van der Waals surface area contributed by atoms with Gasteiger partial charge in [0.1, 0.15) is 0 Å². The second kappa shape index (κ2) is 5.57. The van der Waals surface area contributed by atoms with Crippen molar-refractivity contribution in [2.24, 2.45) is 0 Å². The maximum absolute atomic E-state index is 11.5. The summed E-state index contributed by atoms with van der Waals surface area (Å²) in [5.74, 6) is -1.19. The number of carbonyl (C=O) groups excluding carboxylic acids is 1. The Morgan fingerprint density at radius 1 is 1.23 bits per heavy atom. The van der Waals surface area contributed by atoms with E-state index in [-0.39, 0.29) is 11.5 Å². The number of aromatic nitrogens is 1. The number of rotatable bonds is 3. The molecule has 2 heterocycles. The molecule has 0 aliphatic rings. The van der Waals surface area contributed by atoms with E-state index in [0.29, 0.717) is 22.3 Å². The molecule has 2 aromatic heterocycles. The van der Waals surface area contributed by atoms with E-state index in [1.165, 1.54) is 18.3 Å². The maximum Gasteiger partial charge on any atom is 0.336 e. The smallest absolute Gasteiger partial charge is 0.336 e. The van der Waals surface area contributed by atoms with E-state index < -0.39 is 5.97 Å². The van der Waals surface area contributed by atoms with Crippen molar-refractivity contribution >= 4 is 39.8 Å². The first-order chi connectivity index (χ1) is 10.5. The summed E-state index contributed by atoms with van der Waals surface area (Å²) in [6.07, 6.45) is 0. The predicted octanol–water partition coefficient (Wildman–Crippen LogP) is 3.62. The average molecular weight is 312 g/mol. The molecule has 3 aromatic rings. The lowest BCUT2D eigenvalue weighted by atomic mass is 10.1. The highest BCUT2D eigenvalue weighted by Crippen LogP contribution is 2.28. The Morgan fingerprint density at radius 3 is 2.68 bits per heavy atom. The molecular weight excluding hydrogens is 300 g/mol. The van der Waals surface area contributed by atoms with Gasteiger partial charge in [-0.2, -0.15) is 11.3 Å². The lowest BCUT2D eigenvalue weighted by Crippen LogP contribution is -2.06. The molecule has 0 bridgehead atoms. The average Bonchev–Trinajstić information content (AvgIpc) is 2.99. The molecule has 110 valence electrons. The van der Waals surface area contributed by atoms with Gasteiger partial charge < -0.3 is 10.4 Å². The molecule has 0 atom stereocenters. The minimum absolute atomic E-state index is 0.188. The quantitative estimate of drug-likeness (QED) is 0.774. The zero-order chi connectivity index (χ0) is 15.7. The number of anilines is 1. The van der Waals surface area contributed by atoms with Crippen molar-refractivity contribution in [3.63, 3.8) is 0 Å². The van der Waals surface area contributed by atoms with Gasteiger partial charge in [-0.15, -0.1) is 0 Å². The molecule has 0 unspecified atom stereocenters. The lowest BCUT2D eigenvalue weighted by Gasteiger charge is -2.08. The number of hydrogen-bond acceptors (Lipinski definition) is 4. The van der Waals surface area contributed by atoms with Crippen molar-refractivity contribution in [3.05, 3.63) is 46.7 Å². The lowest BCUT2D eigenvalue weighted by molar-refractivity contribution is -0.114. The highest BCUT2D eigenvalue weighted by Gasteiger charge is 2.13. The van der Waals surface area contributed by atoms with Gasteiger partial charge in [-0.1, -0.05) is 0 Å². The molecule has 0 fully saturated rings. The number of carboxylic acid groups (broad SMARTS) is 1. The molecular formula is C16H12N2O3S. The minimum Gasteiger partial charge on any atom is -0.478 e. The number of carboxylic acids is 1. The van der Waals surface area contributed by atoms with Gasteiger partial charge in [0.2, 0.25) is 5.91 Å². The summed E-state index contributed by atoms with van der Waals surface area (Å²) in [6, 6.07) is 8.47. The fraction of sp³-hybridized carbons (Fsp3) is 0.0625. The second-order valence-corrected chi connectivity index (χ2v) is 5.57. The van der Waals surface area contributed by atoms with Gasteiger partial charge in [0.05, 0.1) is 16.8 Å². The van der Waals surface area contributed by atoms with E-state index in [2.05, 4.69) is 10.3 Å². The Morgan fingerprint density at radius 2 is 2.05 bits per heavy atom. The van der Waals surface area contributed by atoms with Crippen molar-refractivity contribution in [2.45, 2.75) is 6.92 Å². The standard InChI is InChI=1S/C16H12N2O3S/c1-9(19)17-11-2-3-12-13(16(20)21)7-14(18-15(12)6-11)10-4-5-22-8-10/h2-8H,1H3,(H,17,19)(H,20,21). The van der Waals surface area contributed by atoms with E-state index in [0.717, 1.165) is 5.56 Å². The number of aromatic carboxylic acids is 1. The summed E-state index contributed by atoms with van der Waals surface area (Å²) >= 11 is 1.52. The molecule has 2 N–H and O–H groups in total. The van der Waals surface area contributed by atoms with E-state index in [4.69, 9.17) is 0 Å². The first-order valence-electron chi connectivity index (χ1n) is 6.53. The van der Waals surface area contributed by atoms with Crippen LogP contribution in [0, 0.1) is 0 Å². The first kappa shape index (κ1) is 14.2. The van der Waals surface area contributed by atoms with Crippen LogP contribution < -0.4 is 5.32 Å². The molecule has 6 heteroatoms. The molecule has 0 saturated carbocycles. The third kappa shape index (κ3) is 2.68. The fourth-order valence-corrected chi connectivity index (χ4v) is 2.89. The maximum atomic E-state index is 11.5. The van der Waals surface area contributed by atoms with Gasteiger partial charge in [-0.25, -0.2) is 9.78 Å². The zero-order valence-corrected chi connectivity index (χ0v) is 12.5. The monoisotopic (exact) mass is 312 g/mol. The normalized spacial score (nSPS) is 10.6. The number of nitrogens with zero attached hydrogens (tertiary/aromatic N) is 1. The molecule has 5 nitrogen and oxygen atoms in total. The van der Waals surface area contributed by atoms with Gasteiger partial charge in [-0.3, -0.25) is 4.79 Å². The number of fused-ring (bicyclic) bond motifs is 1. The summed E-state index contributed by atoms with van der Waals surface area (Å²) in [6.45, 7) is 1.42. The highest BCUT2D eigenvalue weighted by atomic mass is 32.1. The van der Waals surface area contributed by atoms with Crippen LogP contribution in [0.5, 0.6) is 0 Å². The van der Waals surface area contributed by atoms with Crippen molar-refractivity contribution < 1.29 is 14.7 Å². The number of pyridine rings is 1. The molecule has 3 rings (SSSR count). The molecule has 1 amide bonds. The van der Waals surface area contributed by atoms with E-state index in [9.17, 15) is 14.7 Å².